The van der Waals surface area contributed by atoms with E-state index in [1.807, 2.05) is 6.92 Å². The quantitative estimate of drug-likeness (QED) is 0.268. The average Bonchev–Trinajstić information content (AvgIpc) is 2.44. The molecule has 0 saturated carbocycles. The molecule has 0 aliphatic heterocycles. The Kier molecular flexibility index (Phi) is 12.0. The molecular formula is C21H34O2. The number of carbonyl (C=O) groups is 1. The van der Waals surface area contributed by atoms with Crippen LogP contribution < -0.4 is 0 Å². The predicted molar refractivity (Wildman–Crippen MR) is 100 cm³/mol. The fourth-order valence-corrected chi connectivity index (χ4v) is 2.11. The minimum Gasteiger partial charge on any atom is -0.463 e. The molecule has 130 valence electrons. The molecule has 0 bridgehead atoms. The molecule has 0 N–H and O–H groups in total. The highest BCUT2D eigenvalue weighted by molar-refractivity contribution is 5.82. The summed E-state index contributed by atoms with van der Waals surface area (Å²) in [5.74, 6) is -0.228. The Balaban J connectivity index is 4.56. The van der Waals surface area contributed by atoms with Crippen LogP contribution >= 0.6 is 0 Å². The average molecular weight is 319 g/mol. The van der Waals surface area contributed by atoms with Crippen molar-refractivity contribution in [2.75, 3.05) is 6.61 Å². The van der Waals surface area contributed by atoms with Crippen molar-refractivity contribution in [3.8, 4) is 0 Å². The molecule has 2 nitrogen and oxygen atoms in total. The van der Waals surface area contributed by atoms with E-state index >= 15 is 0 Å². The molecule has 2 heteroatoms. The summed E-state index contributed by atoms with van der Waals surface area (Å²) >= 11 is 0. The van der Waals surface area contributed by atoms with Crippen LogP contribution in [0.5, 0.6) is 0 Å². The molecule has 0 heterocycles. The third-order valence-electron chi connectivity index (χ3n) is 3.43. The van der Waals surface area contributed by atoms with E-state index in [1.54, 1.807) is 6.08 Å². The largest absolute Gasteiger partial charge is 0.463 e. The highest BCUT2D eigenvalue weighted by atomic mass is 16.5. The lowest BCUT2D eigenvalue weighted by Crippen LogP contribution is -2.01. The molecule has 0 aromatic rings. The maximum atomic E-state index is 11.7. The smallest absolute Gasteiger partial charge is 0.330 e. The summed E-state index contributed by atoms with van der Waals surface area (Å²) in [5.41, 5.74) is 5.20. The van der Waals surface area contributed by atoms with E-state index in [0.717, 1.165) is 37.7 Å². The standard InChI is InChI=1S/C21H34O2/c1-7-23-21(22)16-20(15-14-18(4)5)13-9-12-19(6)11-8-10-17(2)3/h10,12,14,16H,7-9,11,13,15H2,1-6H3/b19-12+,20-16-. The predicted octanol–water partition coefficient (Wildman–Crippen LogP) is 6.31. The van der Waals surface area contributed by atoms with E-state index < -0.39 is 0 Å². The van der Waals surface area contributed by atoms with Gasteiger partial charge in [0.15, 0.2) is 0 Å². The van der Waals surface area contributed by atoms with Gasteiger partial charge in [-0.15, -0.1) is 0 Å². The Labute approximate surface area is 143 Å². The molecule has 0 atom stereocenters. The molecule has 0 radical (unpaired) electrons. The molecule has 0 saturated heterocycles. The van der Waals surface area contributed by atoms with Gasteiger partial charge in [0.2, 0.25) is 0 Å². The van der Waals surface area contributed by atoms with Crippen molar-refractivity contribution in [2.24, 2.45) is 0 Å². The van der Waals surface area contributed by atoms with Gasteiger partial charge in [-0.3, -0.25) is 0 Å². The second-order valence-corrected chi connectivity index (χ2v) is 6.45. The van der Waals surface area contributed by atoms with Gasteiger partial charge < -0.3 is 4.74 Å². The summed E-state index contributed by atoms with van der Waals surface area (Å²) in [6.07, 6.45) is 13.3. The minimum absolute atomic E-state index is 0.228. The minimum atomic E-state index is -0.228. The van der Waals surface area contributed by atoms with Crippen LogP contribution in [0.25, 0.3) is 0 Å². The monoisotopic (exact) mass is 318 g/mol. The van der Waals surface area contributed by atoms with Crippen LogP contribution in [0.15, 0.2) is 46.6 Å². The zero-order valence-corrected chi connectivity index (χ0v) is 15.9. The van der Waals surface area contributed by atoms with Crippen molar-refractivity contribution in [1.29, 1.82) is 0 Å². The van der Waals surface area contributed by atoms with E-state index in [1.165, 1.54) is 16.7 Å². The Morgan fingerprint density at radius 2 is 1.48 bits per heavy atom. The van der Waals surface area contributed by atoms with Gasteiger partial charge in [0.05, 0.1) is 6.61 Å². The summed E-state index contributed by atoms with van der Waals surface area (Å²) < 4.78 is 5.02. The first-order valence-corrected chi connectivity index (χ1v) is 8.63. The van der Waals surface area contributed by atoms with Crippen LogP contribution in [0.3, 0.4) is 0 Å². The van der Waals surface area contributed by atoms with Crippen LogP contribution in [-0.2, 0) is 9.53 Å². The third-order valence-corrected chi connectivity index (χ3v) is 3.43. The van der Waals surface area contributed by atoms with Gasteiger partial charge in [0, 0.05) is 6.08 Å². The van der Waals surface area contributed by atoms with Crippen LogP contribution in [-0.4, -0.2) is 12.6 Å². The molecule has 0 rings (SSSR count). The van der Waals surface area contributed by atoms with E-state index in [2.05, 4.69) is 52.8 Å². The number of esters is 1. The summed E-state index contributed by atoms with van der Waals surface area (Å²) in [6, 6.07) is 0. The van der Waals surface area contributed by atoms with Crippen molar-refractivity contribution in [2.45, 2.75) is 73.6 Å². The van der Waals surface area contributed by atoms with Gasteiger partial charge in [-0.05, 0) is 73.6 Å². The van der Waals surface area contributed by atoms with Crippen molar-refractivity contribution in [3.63, 3.8) is 0 Å². The van der Waals surface area contributed by atoms with E-state index in [9.17, 15) is 4.79 Å². The number of ether oxygens (including phenoxy) is 1. The number of carbonyl (C=O) groups excluding carboxylic acids is 1. The maximum Gasteiger partial charge on any atom is 0.330 e. The van der Waals surface area contributed by atoms with Gasteiger partial charge in [-0.1, -0.05) is 40.5 Å². The summed E-state index contributed by atoms with van der Waals surface area (Å²) in [6.45, 7) is 12.9. The molecule has 0 aromatic heterocycles. The van der Waals surface area contributed by atoms with E-state index in [0.29, 0.717) is 6.61 Å². The second kappa shape index (κ2) is 12.9. The molecule has 0 aliphatic rings. The fourth-order valence-electron chi connectivity index (χ4n) is 2.11. The zero-order valence-electron chi connectivity index (χ0n) is 15.9. The highest BCUT2D eigenvalue weighted by Gasteiger charge is 2.02. The summed E-state index contributed by atoms with van der Waals surface area (Å²) in [5, 5.41) is 0. The first kappa shape index (κ1) is 21.4. The molecule has 0 spiro atoms. The van der Waals surface area contributed by atoms with Crippen molar-refractivity contribution >= 4 is 5.97 Å². The van der Waals surface area contributed by atoms with Crippen LogP contribution in [0.1, 0.15) is 73.6 Å². The first-order valence-electron chi connectivity index (χ1n) is 8.63. The molecule has 0 amide bonds. The molecule has 23 heavy (non-hydrogen) atoms. The van der Waals surface area contributed by atoms with Gasteiger partial charge in [-0.2, -0.15) is 0 Å². The van der Waals surface area contributed by atoms with Gasteiger partial charge >= 0.3 is 5.97 Å². The zero-order chi connectivity index (χ0) is 17.7. The lowest BCUT2D eigenvalue weighted by atomic mass is 10.0. The third kappa shape index (κ3) is 13.8. The number of hydrogen-bond acceptors (Lipinski definition) is 2. The number of hydrogen-bond donors (Lipinski definition) is 0. The van der Waals surface area contributed by atoms with Crippen molar-refractivity contribution in [1.82, 2.24) is 0 Å². The highest BCUT2D eigenvalue weighted by Crippen LogP contribution is 2.15. The molecule has 0 aliphatic carbocycles. The van der Waals surface area contributed by atoms with Gasteiger partial charge in [-0.25, -0.2) is 4.79 Å². The normalized spacial score (nSPS) is 11.9. The van der Waals surface area contributed by atoms with Gasteiger partial charge in [0.25, 0.3) is 0 Å². The van der Waals surface area contributed by atoms with Crippen LogP contribution in [0, 0.1) is 0 Å². The topological polar surface area (TPSA) is 26.3 Å². The van der Waals surface area contributed by atoms with E-state index in [-0.39, 0.29) is 5.97 Å². The fraction of sp³-hybridized carbons (Fsp3) is 0.571. The Morgan fingerprint density at radius 1 is 0.870 bits per heavy atom. The van der Waals surface area contributed by atoms with E-state index in [4.69, 9.17) is 4.74 Å². The SMILES string of the molecule is CCOC(=O)/C=C(\CC=C(C)C)CC/C=C(\C)CCC=C(C)C. The molecule has 0 fully saturated rings. The lowest BCUT2D eigenvalue weighted by Gasteiger charge is -2.05. The van der Waals surface area contributed by atoms with Gasteiger partial charge in [0.1, 0.15) is 0 Å². The first-order chi connectivity index (χ1) is 10.8. The lowest BCUT2D eigenvalue weighted by molar-refractivity contribution is -0.137. The maximum absolute atomic E-state index is 11.7. The Hall–Kier alpha value is -1.57. The Bertz CT molecular complexity index is 468. The van der Waals surface area contributed by atoms with Crippen molar-refractivity contribution < 1.29 is 9.53 Å². The molecule has 0 unspecified atom stereocenters. The van der Waals surface area contributed by atoms with Crippen molar-refractivity contribution in [3.05, 3.63) is 46.6 Å². The van der Waals surface area contributed by atoms with Crippen LogP contribution in [0.4, 0.5) is 0 Å². The Morgan fingerprint density at radius 3 is 2.04 bits per heavy atom. The summed E-state index contributed by atoms with van der Waals surface area (Å²) in [7, 11) is 0. The molecular weight excluding hydrogens is 284 g/mol. The molecule has 0 aromatic carbocycles. The number of allylic oxidation sites excluding steroid dienone is 7. The second-order valence-electron chi connectivity index (χ2n) is 6.45. The number of rotatable bonds is 10. The van der Waals surface area contributed by atoms with Crippen LogP contribution in [0.2, 0.25) is 0 Å². The summed E-state index contributed by atoms with van der Waals surface area (Å²) in [4.78, 5) is 11.7.